The Kier molecular flexibility index (Phi) is 6.75. The highest BCUT2D eigenvalue weighted by Crippen LogP contribution is 2.32. The Morgan fingerprint density at radius 1 is 0.844 bits per heavy atom. The van der Waals surface area contributed by atoms with Crippen LogP contribution in [0.5, 0.6) is 5.75 Å². The molecule has 4 rings (SSSR count). The number of aromatic carboxylic acids is 1. The lowest BCUT2D eigenvalue weighted by molar-refractivity contribution is 0.0697. The number of hydrogen-bond acceptors (Lipinski definition) is 3. The van der Waals surface area contributed by atoms with Crippen LogP contribution in [0.3, 0.4) is 0 Å². The van der Waals surface area contributed by atoms with Crippen molar-refractivity contribution in [3.05, 3.63) is 105 Å². The lowest BCUT2D eigenvalue weighted by atomic mass is 10.0. The van der Waals surface area contributed by atoms with Gasteiger partial charge in [-0.3, -0.25) is 0 Å². The molecule has 0 saturated carbocycles. The summed E-state index contributed by atoms with van der Waals surface area (Å²) in [5, 5.41) is 16.0. The van der Waals surface area contributed by atoms with Gasteiger partial charge in [-0.25, -0.2) is 4.79 Å². The maximum atomic E-state index is 11.4. The summed E-state index contributed by atoms with van der Waals surface area (Å²) in [6, 6.07) is 22.0. The summed E-state index contributed by atoms with van der Waals surface area (Å²) in [7, 11) is 0. The Bertz CT molecular complexity index is 1290. The molecule has 0 aliphatic carbocycles. The second-order valence-electron chi connectivity index (χ2n) is 7.11. The van der Waals surface area contributed by atoms with E-state index in [0.717, 1.165) is 16.3 Å². The number of ether oxygens (including phenoxy) is 1. The quantitative estimate of drug-likeness (QED) is 0.281. The van der Waals surface area contributed by atoms with Crippen molar-refractivity contribution in [2.24, 2.45) is 0 Å². The van der Waals surface area contributed by atoms with Crippen LogP contribution in [-0.2, 0) is 13.2 Å². The van der Waals surface area contributed by atoms with Crippen LogP contribution in [0.25, 0.3) is 10.8 Å². The molecule has 0 unspecified atom stereocenters. The predicted molar refractivity (Wildman–Crippen MR) is 130 cm³/mol. The maximum absolute atomic E-state index is 11.4. The van der Waals surface area contributed by atoms with E-state index in [1.54, 1.807) is 30.3 Å². The van der Waals surface area contributed by atoms with Gasteiger partial charge in [-0.1, -0.05) is 71.2 Å². The van der Waals surface area contributed by atoms with Gasteiger partial charge in [0.1, 0.15) is 12.4 Å². The molecule has 0 heterocycles. The molecular weight excluding hydrogens is 469 g/mol. The summed E-state index contributed by atoms with van der Waals surface area (Å²) in [4.78, 5) is 11.4. The fourth-order valence-corrected chi connectivity index (χ4v) is 4.15. The summed E-state index contributed by atoms with van der Waals surface area (Å²) < 4.78 is 6.14. The molecule has 0 radical (unpaired) electrons. The number of carbonyl (C=O) groups is 1. The fraction of sp³-hybridized carbons (Fsp3) is 0.0800. The molecule has 0 aromatic heterocycles. The number of halogens is 3. The first-order chi connectivity index (χ1) is 15.4. The number of fused-ring (bicyclic) bond motifs is 1. The molecule has 0 atom stereocenters. The summed E-state index contributed by atoms with van der Waals surface area (Å²) in [6.45, 7) is 0.627. The highest BCUT2D eigenvalue weighted by Gasteiger charge is 2.13. The summed E-state index contributed by atoms with van der Waals surface area (Å²) in [5.41, 5.74) is 2.32. The van der Waals surface area contributed by atoms with Crippen molar-refractivity contribution >= 4 is 57.2 Å². The maximum Gasteiger partial charge on any atom is 0.337 e. The van der Waals surface area contributed by atoms with Gasteiger partial charge in [-0.2, -0.15) is 0 Å². The van der Waals surface area contributed by atoms with Crippen molar-refractivity contribution in [3.8, 4) is 5.75 Å². The second kappa shape index (κ2) is 9.70. The first-order valence-electron chi connectivity index (χ1n) is 9.77. The van der Waals surface area contributed by atoms with Crippen LogP contribution in [0.1, 0.15) is 21.5 Å². The van der Waals surface area contributed by atoms with Crippen molar-refractivity contribution in [1.82, 2.24) is 0 Å². The monoisotopic (exact) mass is 485 g/mol. The Balaban J connectivity index is 1.65. The van der Waals surface area contributed by atoms with Gasteiger partial charge in [0.2, 0.25) is 0 Å². The first-order valence-corrected chi connectivity index (χ1v) is 10.9. The van der Waals surface area contributed by atoms with E-state index in [2.05, 4.69) is 5.32 Å². The third kappa shape index (κ3) is 4.78. The van der Waals surface area contributed by atoms with Crippen LogP contribution in [0.2, 0.25) is 15.1 Å². The van der Waals surface area contributed by atoms with E-state index < -0.39 is 5.97 Å². The second-order valence-corrected chi connectivity index (χ2v) is 8.33. The Labute approximate surface area is 200 Å². The van der Waals surface area contributed by atoms with Crippen LogP contribution < -0.4 is 10.1 Å². The molecule has 4 aromatic rings. The van der Waals surface area contributed by atoms with Crippen molar-refractivity contribution in [3.63, 3.8) is 0 Å². The molecule has 4 nitrogen and oxygen atoms in total. The molecule has 7 heteroatoms. The summed E-state index contributed by atoms with van der Waals surface area (Å²) in [6.07, 6.45) is 0. The minimum atomic E-state index is -1.08. The lowest BCUT2D eigenvalue weighted by Crippen LogP contribution is -2.06. The highest BCUT2D eigenvalue weighted by molar-refractivity contribution is 6.36. The third-order valence-electron chi connectivity index (χ3n) is 5.10. The van der Waals surface area contributed by atoms with E-state index in [9.17, 15) is 9.90 Å². The predicted octanol–water partition coefficient (Wildman–Crippen LogP) is 7.69. The van der Waals surface area contributed by atoms with Crippen molar-refractivity contribution in [2.45, 2.75) is 13.2 Å². The Hall–Kier alpha value is -2.92. The zero-order valence-electron chi connectivity index (χ0n) is 16.7. The number of rotatable bonds is 7. The van der Waals surface area contributed by atoms with Gasteiger partial charge in [0.15, 0.2) is 0 Å². The van der Waals surface area contributed by atoms with Crippen molar-refractivity contribution in [1.29, 1.82) is 0 Å². The van der Waals surface area contributed by atoms with E-state index in [0.29, 0.717) is 33.6 Å². The van der Waals surface area contributed by atoms with Gasteiger partial charge in [0, 0.05) is 33.4 Å². The van der Waals surface area contributed by atoms with E-state index in [1.165, 1.54) is 6.07 Å². The highest BCUT2D eigenvalue weighted by atomic mass is 35.5. The molecule has 2 N–H and O–H groups in total. The van der Waals surface area contributed by atoms with E-state index in [4.69, 9.17) is 39.5 Å². The molecule has 0 aliphatic rings. The molecule has 4 aromatic carbocycles. The first kappa shape index (κ1) is 22.3. The topological polar surface area (TPSA) is 58.6 Å². The smallest absolute Gasteiger partial charge is 0.337 e. The molecular formula is C25H18Cl3NO3. The minimum absolute atomic E-state index is 0.0411. The van der Waals surface area contributed by atoms with Gasteiger partial charge in [-0.05, 0) is 47.2 Å². The number of anilines is 1. The van der Waals surface area contributed by atoms with Crippen LogP contribution >= 0.6 is 34.8 Å². The zero-order chi connectivity index (χ0) is 22.7. The van der Waals surface area contributed by atoms with Gasteiger partial charge in [-0.15, -0.1) is 0 Å². The van der Waals surface area contributed by atoms with Crippen LogP contribution in [0, 0.1) is 0 Å². The third-order valence-corrected chi connectivity index (χ3v) is 6.14. The Morgan fingerprint density at radius 3 is 2.34 bits per heavy atom. The molecule has 0 bridgehead atoms. The van der Waals surface area contributed by atoms with Crippen molar-refractivity contribution in [2.75, 3.05) is 5.32 Å². The van der Waals surface area contributed by atoms with E-state index in [-0.39, 0.29) is 17.2 Å². The van der Waals surface area contributed by atoms with Crippen LogP contribution in [0.4, 0.5) is 5.69 Å². The van der Waals surface area contributed by atoms with E-state index >= 15 is 0 Å². The molecule has 32 heavy (non-hydrogen) atoms. The number of hydrogen-bond donors (Lipinski definition) is 2. The van der Waals surface area contributed by atoms with Gasteiger partial charge in [0.25, 0.3) is 0 Å². The standard InChI is InChI=1S/C25H18Cl3NO3/c26-21-6-3-7-22(27)20(21)14-32-24-11-8-15-4-1-2-5-17(15)19(24)13-29-16-9-10-23(28)18(12-16)25(30)31/h1-12,29H,13-14H2,(H,30,31). The largest absolute Gasteiger partial charge is 0.488 e. The number of benzene rings is 4. The number of carboxylic acid groups (broad SMARTS) is 1. The minimum Gasteiger partial charge on any atom is -0.488 e. The summed E-state index contributed by atoms with van der Waals surface area (Å²) in [5.74, 6) is -0.399. The number of carboxylic acids is 1. The van der Waals surface area contributed by atoms with Crippen LogP contribution in [-0.4, -0.2) is 11.1 Å². The van der Waals surface area contributed by atoms with E-state index in [1.807, 2.05) is 36.4 Å². The molecule has 0 spiro atoms. The summed E-state index contributed by atoms with van der Waals surface area (Å²) >= 11 is 18.6. The molecule has 0 fully saturated rings. The van der Waals surface area contributed by atoms with Gasteiger partial charge >= 0.3 is 5.97 Å². The average Bonchev–Trinajstić information content (AvgIpc) is 2.78. The molecule has 162 valence electrons. The zero-order valence-corrected chi connectivity index (χ0v) is 19.0. The molecule has 0 saturated heterocycles. The number of nitrogens with one attached hydrogen (secondary N) is 1. The molecule has 0 amide bonds. The van der Waals surface area contributed by atoms with Gasteiger partial charge in [0.05, 0.1) is 10.6 Å². The average molecular weight is 487 g/mol. The van der Waals surface area contributed by atoms with Crippen molar-refractivity contribution < 1.29 is 14.6 Å². The Morgan fingerprint density at radius 2 is 1.59 bits per heavy atom. The fourth-order valence-electron chi connectivity index (χ4n) is 3.44. The molecule has 0 aliphatic heterocycles. The normalized spacial score (nSPS) is 10.8. The SMILES string of the molecule is O=C(O)c1cc(NCc2c(OCc3c(Cl)cccc3Cl)ccc3ccccc23)ccc1Cl. The van der Waals surface area contributed by atoms with Crippen LogP contribution in [0.15, 0.2) is 72.8 Å². The lowest BCUT2D eigenvalue weighted by Gasteiger charge is -2.17. The van der Waals surface area contributed by atoms with Gasteiger partial charge < -0.3 is 15.2 Å².